The Labute approximate surface area is 248 Å². The fraction of sp³-hybridized carbons (Fsp3) is 0. The Morgan fingerprint density at radius 1 is 0.561 bits per heavy atom. The van der Waals surface area contributed by atoms with Gasteiger partial charge < -0.3 is 19.9 Å². The summed E-state index contributed by atoms with van der Waals surface area (Å²) in [5.41, 5.74) is 4.64. The first kappa shape index (κ1) is 26.2. The first-order chi connectivity index (χ1) is 19.8. The second-order valence-corrected chi connectivity index (χ2v) is 9.25. The Hall–Kier alpha value is -5.00. The third kappa shape index (κ3) is 5.15. The van der Waals surface area contributed by atoms with Gasteiger partial charge in [0.05, 0.1) is 11.5 Å². The molecule has 0 aliphatic rings. The molecule has 4 heterocycles. The number of rotatable bonds is 2. The van der Waals surface area contributed by atoms with Gasteiger partial charge in [0.1, 0.15) is 0 Å². The predicted octanol–water partition coefficient (Wildman–Crippen LogP) is 6.98. The zero-order valence-electron chi connectivity index (χ0n) is 22.1. The van der Waals surface area contributed by atoms with Gasteiger partial charge in [-0.3, -0.25) is 9.97 Å². The van der Waals surface area contributed by atoms with E-state index in [9.17, 15) is 0 Å². The number of benzene rings is 4. The first-order valence-corrected chi connectivity index (χ1v) is 12.9. The van der Waals surface area contributed by atoms with Crippen molar-refractivity contribution >= 4 is 49.2 Å². The topological polar surface area (TPSA) is 79.2 Å². The van der Waals surface area contributed by atoms with E-state index in [-0.39, 0.29) is 19.5 Å². The molecule has 8 aromatic rings. The number of hydrogen-bond donors (Lipinski definition) is 0. The van der Waals surface area contributed by atoms with Gasteiger partial charge in [0.15, 0.2) is 0 Å². The molecule has 0 aliphatic carbocycles. The van der Waals surface area contributed by atoms with Crippen molar-refractivity contribution < 1.29 is 19.5 Å². The zero-order valence-corrected chi connectivity index (χ0v) is 25.1. The Bertz CT molecular complexity index is 2170. The monoisotopic (exact) mass is 578 g/mol. The molecule has 0 spiro atoms. The van der Waals surface area contributed by atoms with E-state index in [1.807, 2.05) is 79.0 Å². The van der Waals surface area contributed by atoms with Crippen LogP contribution in [0.1, 0.15) is 0 Å². The average Bonchev–Trinajstić information content (AvgIpc) is 3.52. The predicted molar refractivity (Wildman–Crippen MR) is 160 cm³/mol. The molecule has 0 radical (unpaired) electrons. The molecule has 0 unspecified atom stereocenters. The van der Waals surface area contributed by atoms with Crippen molar-refractivity contribution in [2.24, 2.45) is 4.99 Å². The summed E-state index contributed by atoms with van der Waals surface area (Å²) in [6.45, 7) is 0. The molecule has 190 valence electrons. The van der Waals surface area contributed by atoms with Crippen LogP contribution in [0, 0.1) is 0 Å². The smallest absolute Gasteiger partial charge is 0.443 e. The average molecular weight is 580 g/mol. The van der Waals surface area contributed by atoms with Crippen molar-refractivity contribution in [3.05, 3.63) is 140 Å². The fourth-order valence-corrected chi connectivity index (χ4v) is 4.95. The fourth-order valence-electron chi connectivity index (χ4n) is 4.95. The van der Waals surface area contributed by atoms with E-state index in [4.69, 9.17) is 0 Å². The summed E-state index contributed by atoms with van der Waals surface area (Å²) in [6, 6.07) is 36.5. The van der Waals surface area contributed by atoms with Crippen LogP contribution in [0.25, 0.3) is 54.6 Å². The van der Waals surface area contributed by atoms with Crippen molar-refractivity contribution in [1.29, 1.82) is 0 Å². The Morgan fingerprint density at radius 3 is 2.20 bits per heavy atom. The number of aromatic nitrogens is 5. The summed E-state index contributed by atoms with van der Waals surface area (Å²) in [5, 5.41) is 6.62. The van der Waals surface area contributed by atoms with Gasteiger partial charge in [-0.15, -0.1) is 0 Å². The molecule has 7 heteroatoms. The molecule has 41 heavy (non-hydrogen) atoms. The van der Waals surface area contributed by atoms with Gasteiger partial charge in [-0.05, 0) is 61.7 Å². The quantitative estimate of drug-likeness (QED) is 0.206. The van der Waals surface area contributed by atoms with Gasteiger partial charge in [0.25, 0.3) is 0 Å². The van der Waals surface area contributed by atoms with Crippen LogP contribution in [-0.4, -0.2) is 15.0 Å². The summed E-state index contributed by atoms with van der Waals surface area (Å²) < 4.78 is 0. The van der Waals surface area contributed by atoms with Gasteiger partial charge in [0, 0.05) is 23.3 Å². The molecule has 0 amide bonds. The van der Waals surface area contributed by atoms with E-state index < -0.39 is 0 Å². The van der Waals surface area contributed by atoms with Gasteiger partial charge in [-0.25, -0.2) is 0 Å². The summed E-state index contributed by atoms with van der Waals surface area (Å²) >= 11 is 0. The third-order valence-corrected chi connectivity index (χ3v) is 6.84. The van der Waals surface area contributed by atoms with Gasteiger partial charge in [0.2, 0.25) is 0 Å². The molecule has 0 aliphatic heterocycles. The molecular formula is C34H22N6Zn. The molecule has 0 N–H and O–H groups in total. The molecule has 0 atom stereocenters. The van der Waals surface area contributed by atoms with Crippen molar-refractivity contribution in [3.8, 4) is 11.3 Å². The standard InChI is InChI=1S/C18H12N3.C16H10N3.Zn/c1-3-7-15-13(5-1)9-11-19-17(15)21-18-16-8-4-2-6-14(16)10-12-20-18;1-2-9-17-13(6-1)12-5-3-4-11-7-8-14-16(15(11)12)19-10-18-14;/h1-12H;1-10H;/q2*-1;+2. The zero-order chi connectivity index (χ0) is 26.7. The number of nitrogens with zero attached hydrogens (tertiary/aromatic N) is 6. The molecule has 8 rings (SSSR count). The maximum Gasteiger partial charge on any atom is 2.00 e. The molecule has 0 bridgehead atoms. The summed E-state index contributed by atoms with van der Waals surface area (Å²) in [4.78, 5) is 26.6. The van der Waals surface area contributed by atoms with Crippen LogP contribution in [0.5, 0.6) is 0 Å². The van der Waals surface area contributed by atoms with E-state index >= 15 is 0 Å². The van der Waals surface area contributed by atoms with Crippen molar-refractivity contribution in [2.75, 3.05) is 0 Å². The molecular weight excluding hydrogens is 558 g/mol. The number of pyridine rings is 3. The van der Waals surface area contributed by atoms with E-state index in [1.54, 1.807) is 18.7 Å². The molecule has 0 fully saturated rings. The molecule has 4 aromatic heterocycles. The van der Waals surface area contributed by atoms with Gasteiger partial charge in [-0.2, -0.15) is 0 Å². The van der Waals surface area contributed by atoms with E-state index in [0.717, 1.165) is 54.6 Å². The maximum absolute atomic E-state index is 4.68. The van der Waals surface area contributed by atoms with Crippen LogP contribution in [-0.2, 0) is 19.5 Å². The minimum Gasteiger partial charge on any atom is -0.443 e. The van der Waals surface area contributed by atoms with E-state index in [0.29, 0.717) is 11.3 Å². The Kier molecular flexibility index (Phi) is 7.44. The van der Waals surface area contributed by atoms with E-state index in [2.05, 4.69) is 66.3 Å². The van der Waals surface area contributed by atoms with Crippen LogP contribution in [0.15, 0.2) is 139 Å². The summed E-state index contributed by atoms with van der Waals surface area (Å²) in [7, 11) is 0. The largest absolute Gasteiger partial charge is 2.00 e. The van der Waals surface area contributed by atoms with Gasteiger partial charge >= 0.3 is 19.5 Å². The second kappa shape index (κ2) is 11.6. The number of fused-ring (bicyclic) bond motifs is 5. The van der Waals surface area contributed by atoms with Gasteiger partial charge in [-0.1, -0.05) is 104 Å². The van der Waals surface area contributed by atoms with Crippen LogP contribution in [0.3, 0.4) is 0 Å². The third-order valence-electron chi connectivity index (χ3n) is 6.84. The van der Waals surface area contributed by atoms with Crippen molar-refractivity contribution in [2.45, 2.75) is 0 Å². The Morgan fingerprint density at radius 2 is 1.34 bits per heavy atom. The maximum atomic E-state index is 4.68. The second-order valence-electron chi connectivity index (χ2n) is 9.25. The molecule has 4 aromatic carbocycles. The summed E-state index contributed by atoms with van der Waals surface area (Å²) in [5.74, 6) is 0.706. The van der Waals surface area contributed by atoms with Crippen molar-refractivity contribution in [1.82, 2.24) is 24.9 Å². The molecule has 6 nitrogen and oxygen atoms in total. The number of hydrogen-bond acceptors (Lipinski definition) is 4. The first-order valence-electron chi connectivity index (χ1n) is 12.9. The van der Waals surface area contributed by atoms with Crippen molar-refractivity contribution in [3.63, 3.8) is 0 Å². The van der Waals surface area contributed by atoms with Crippen LogP contribution in [0.2, 0.25) is 0 Å². The molecule has 0 saturated heterocycles. The minimum absolute atomic E-state index is 0. The minimum atomic E-state index is 0. The normalized spacial score (nSPS) is 11.4. The summed E-state index contributed by atoms with van der Waals surface area (Å²) in [6.07, 6.45) is 6.99. The SMILES string of the molecule is [Zn+2].c1ccc(-c2cccc3ccc4nc[n-]c4c23)nc1.c1ccc2c(N=c3[n-]ccc4ccccc34)nccc2c1. The Balaban J connectivity index is 0.000000145. The number of imidazole rings is 1. The van der Waals surface area contributed by atoms with E-state index in [1.165, 1.54) is 0 Å². The molecule has 0 saturated carbocycles. The van der Waals surface area contributed by atoms with Crippen LogP contribution >= 0.6 is 0 Å². The van der Waals surface area contributed by atoms with Crippen LogP contribution < -0.4 is 15.5 Å². The van der Waals surface area contributed by atoms with Crippen LogP contribution in [0.4, 0.5) is 5.82 Å².